The Morgan fingerprint density at radius 1 is 1.19 bits per heavy atom. The van der Waals surface area contributed by atoms with E-state index in [1.807, 2.05) is 0 Å². The predicted octanol–water partition coefficient (Wildman–Crippen LogP) is 1.65. The van der Waals surface area contributed by atoms with Crippen LogP contribution in [0.3, 0.4) is 0 Å². The van der Waals surface area contributed by atoms with E-state index < -0.39 is 0 Å². The fraction of sp³-hybridized carbons (Fsp3) is 1.00. The molecule has 3 heteroatoms. The van der Waals surface area contributed by atoms with Gasteiger partial charge in [-0.3, -0.25) is 0 Å². The number of aliphatic hydroxyl groups excluding tert-OH is 1. The van der Waals surface area contributed by atoms with Crippen molar-refractivity contribution in [2.24, 2.45) is 5.92 Å². The van der Waals surface area contributed by atoms with Crippen LogP contribution in [0.2, 0.25) is 0 Å². The minimum atomic E-state index is -0.0766. The number of hydrogen-bond donors (Lipinski definition) is 1. The van der Waals surface area contributed by atoms with Crippen molar-refractivity contribution in [3.63, 3.8) is 0 Å². The molecule has 16 heavy (non-hydrogen) atoms. The monoisotopic (exact) mass is 227 g/mol. The van der Waals surface area contributed by atoms with Crippen molar-refractivity contribution in [1.29, 1.82) is 0 Å². The van der Waals surface area contributed by atoms with Gasteiger partial charge >= 0.3 is 0 Å². The van der Waals surface area contributed by atoms with E-state index in [0.717, 1.165) is 32.6 Å². The van der Waals surface area contributed by atoms with Crippen molar-refractivity contribution in [3.05, 3.63) is 0 Å². The van der Waals surface area contributed by atoms with Gasteiger partial charge in [0.25, 0.3) is 0 Å². The smallest absolute Gasteiger partial charge is 0.0622 e. The number of likely N-dealkylation sites (N-methyl/N-ethyl adjacent to an activating group) is 1. The molecule has 3 nitrogen and oxygen atoms in total. The molecule has 3 atom stereocenters. The molecule has 2 aliphatic rings. The summed E-state index contributed by atoms with van der Waals surface area (Å²) < 4.78 is 5.41. The van der Waals surface area contributed by atoms with E-state index in [1.165, 1.54) is 25.7 Å². The molecule has 1 aliphatic carbocycles. The quantitative estimate of drug-likeness (QED) is 0.744. The third kappa shape index (κ3) is 3.19. The zero-order valence-electron chi connectivity index (χ0n) is 10.4. The third-order valence-electron chi connectivity index (χ3n) is 4.17. The first-order valence-electron chi connectivity index (χ1n) is 6.73. The van der Waals surface area contributed by atoms with Crippen LogP contribution >= 0.6 is 0 Å². The van der Waals surface area contributed by atoms with Crippen molar-refractivity contribution >= 4 is 0 Å². The van der Waals surface area contributed by atoms with Crippen molar-refractivity contribution in [1.82, 2.24) is 4.90 Å². The van der Waals surface area contributed by atoms with E-state index in [-0.39, 0.29) is 6.10 Å². The lowest BCUT2D eigenvalue weighted by Gasteiger charge is -2.29. The Labute approximate surface area is 98.8 Å². The molecule has 3 unspecified atom stereocenters. The number of aliphatic hydroxyl groups is 1. The standard InChI is InChI=1S/C13H25NO2/c1-14(12-7-8-16-10-12)9-11-5-3-2-4-6-13(11)15/h11-13,15H,2-10H2,1H3. The minimum Gasteiger partial charge on any atom is -0.393 e. The highest BCUT2D eigenvalue weighted by atomic mass is 16.5. The molecule has 94 valence electrons. The summed E-state index contributed by atoms with van der Waals surface area (Å²) >= 11 is 0. The van der Waals surface area contributed by atoms with Gasteiger partial charge < -0.3 is 14.7 Å². The van der Waals surface area contributed by atoms with E-state index in [9.17, 15) is 5.11 Å². The van der Waals surface area contributed by atoms with Crippen LogP contribution in [0, 0.1) is 5.92 Å². The molecule has 1 saturated carbocycles. The molecule has 1 saturated heterocycles. The normalized spacial score (nSPS) is 36.6. The van der Waals surface area contributed by atoms with Gasteiger partial charge in [0.2, 0.25) is 0 Å². The zero-order valence-corrected chi connectivity index (χ0v) is 10.4. The van der Waals surface area contributed by atoms with Crippen LogP contribution < -0.4 is 0 Å². The highest BCUT2D eigenvalue weighted by Gasteiger charge is 2.27. The molecule has 0 bridgehead atoms. The molecule has 1 aliphatic heterocycles. The third-order valence-corrected chi connectivity index (χ3v) is 4.17. The Kier molecular flexibility index (Phi) is 4.62. The molecule has 2 rings (SSSR count). The van der Waals surface area contributed by atoms with E-state index >= 15 is 0 Å². The van der Waals surface area contributed by atoms with Crippen LogP contribution in [0.15, 0.2) is 0 Å². The fourth-order valence-electron chi connectivity index (χ4n) is 2.97. The summed E-state index contributed by atoms with van der Waals surface area (Å²) in [5.41, 5.74) is 0. The van der Waals surface area contributed by atoms with Crippen LogP contribution in [-0.4, -0.2) is 49.0 Å². The maximum Gasteiger partial charge on any atom is 0.0622 e. The van der Waals surface area contributed by atoms with Crippen LogP contribution in [0.25, 0.3) is 0 Å². The van der Waals surface area contributed by atoms with E-state index in [0.29, 0.717) is 12.0 Å². The number of hydrogen-bond acceptors (Lipinski definition) is 3. The second-order valence-corrected chi connectivity index (χ2v) is 5.42. The summed E-state index contributed by atoms with van der Waals surface area (Å²) in [5, 5.41) is 10.1. The largest absolute Gasteiger partial charge is 0.393 e. The fourth-order valence-corrected chi connectivity index (χ4v) is 2.97. The maximum atomic E-state index is 10.1. The van der Waals surface area contributed by atoms with Gasteiger partial charge in [0.15, 0.2) is 0 Å². The molecule has 0 spiro atoms. The highest BCUT2D eigenvalue weighted by Crippen LogP contribution is 2.25. The first-order valence-corrected chi connectivity index (χ1v) is 6.73. The molecule has 0 aromatic carbocycles. The van der Waals surface area contributed by atoms with Gasteiger partial charge in [-0.25, -0.2) is 0 Å². The topological polar surface area (TPSA) is 32.7 Å². The number of nitrogens with zero attached hydrogens (tertiary/aromatic N) is 1. The van der Waals surface area contributed by atoms with Crippen molar-refractivity contribution in [3.8, 4) is 0 Å². The first-order chi connectivity index (χ1) is 7.77. The van der Waals surface area contributed by atoms with Crippen LogP contribution in [0.4, 0.5) is 0 Å². The summed E-state index contributed by atoms with van der Waals surface area (Å²) in [4.78, 5) is 2.40. The summed E-state index contributed by atoms with van der Waals surface area (Å²) in [7, 11) is 2.18. The lowest BCUT2D eigenvalue weighted by atomic mass is 9.96. The molecule has 0 aromatic rings. The first kappa shape index (κ1) is 12.3. The van der Waals surface area contributed by atoms with E-state index in [1.54, 1.807) is 0 Å². The maximum absolute atomic E-state index is 10.1. The zero-order chi connectivity index (χ0) is 11.4. The van der Waals surface area contributed by atoms with Gasteiger partial charge in [-0.15, -0.1) is 0 Å². The van der Waals surface area contributed by atoms with Crippen molar-refractivity contribution < 1.29 is 9.84 Å². The second-order valence-electron chi connectivity index (χ2n) is 5.42. The van der Waals surface area contributed by atoms with E-state index in [2.05, 4.69) is 11.9 Å². The SMILES string of the molecule is CN(CC1CCCCCC1O)C1CCOC1. The average Bonchev–Trinajstić information content (AvgIpc) is 2.73. The summed E-state index contributed by atoms with van der Waals surface area (Å²) in [6, 6.07) is 0.579. The van der Waals surface area contributed by atoms with Crippen LogP contribution in [0.1, 0.15) is 38.5 Å². The Bertz CT molecular complexity index is 204. The molecule has 0 amide bonds. The van der Waals surface area contributed by atoms with Gasteiger partial charge in [-0.2, -0.15) is 0 Å². The highest BCUT2D eigenvalue weighted by molar-refractivity contribution is 4.79. The van der Waals surface area contributed by atoms with Crippen LogP contribution in [-0.2, 0) is 4.74 Å². The molecule has 0 radical (unpaired) electrons. The number of rotatable bonds is 3. The predicted molar refractivity (Wildman–Crippen MR) is 64.4 cm³/mol. The summed E-state index contributed by atoms with van der Waals surface area (Å²) in [5.74, 6) is 0.480. The molecular formula is C13H25NO2. The molecule has 1 heterocycles. The summed E-state index contributed by atoms with van der Waals surface area (Å²) in [6.45, 7) is 2.82. The van der Waals surface area contributed by atoms with Crippen molar-refractivity contribution in [2.45, 2.75) is 50.7 Å². The van der Waals surface area contributed by atoms with Gasteiger partial charge in [0.05, 0.1) is 12.7 Å². The van der Waals surface area contributed by atoms with Gasteiger partial charge in [-0.05, 0) is 32.2 Å². The number of ether oxygens (including phenoxy) is 1. The Hall–Kier alpha value is -0.120. The van der Waals surface area contributed by atoms with Gasteiger partial charge in [0.1, 0.15) is 0 Å². The van der Waals surface area contributed by atoms with E-state index in [4.69, 9.17) is 4.74 Å². The molecule has 2 fully saturated rings. The molecule has 0 aromatic heterocycles. The Morgan fingerprint density at radius 2 is 2.00 bits per heavy atom. The van der Waals surface area contributed by atoms with Gasteiger partial charge in [0, 0.05) is 19.2 Å². The van der Waals surface area contributed by atoms with Crippen molar-refractivity contribution in [2.75, 3.05) is 26.8 Å². The Morgan fingerprint density at radius 3 is 2.75 bits per heavy atom. The molecular weight excluding hydrogens is 202 g/mol. The summed E-state index contributed by atoms with van der Waals surface area (Å²) in [6.07, 6.45) is 7.05. The molecule has 1 N–H and O–H groups in total. The second kappa shape index (κ2) is 5.99. The lowest BCUT2D eigenvalue weighted by Crippen LogP contribution is -2.39. The van der Waals surface area contributed by atoms with Gasteiger partial charge in [-0.1, -0.05) is 19.3 Å². The lowest BCUT2D eigenvalue weighted by molar-refractivity contribution is 0.0661. The van der Waals surface area contributed by atoms with Crippen LogP contribution in [0.5, 0.6) is 0 Å². The average molecular weight is 227 g/mol. The Balaban J connectivity index is 1.81. The minimum absolute atomic E-state index is 0.0766.